The van der Waals surface area contributed by atoms with Gasteiger partial charge in [-0.2, -0.15) is 0 Å². The van der Waals surface area contributed by atoms with Crippen LogP contribution in [0.2, 0.25) is 6.04 Å². The van der Waals surface area contributed by atoms with Crippen LogP contribution in [-0.4, -0.2) is 6.65 Å². The van der Waals surface area contributed by atoms with Gasteiger partial charge in [0.05, 0.1) is 0 Å². The number of rotatable bonds is 9. The summed E-state index contributed by atoms with van der Waals surface area (Å²) in [5, 5.41) is 0. The van der Waals surface area contributed by atoms with E-state index >= 15 is 0 Å². The smallest absolute Gasteiger partial charge is 1.00 e. The third kappa shape index (κ3) is 7.87. The normalized spacial score (nSPS) is 17.3. The second-order valence-electron chi connectivity index (χ2n) is 11.7. The molecule has 0 nitrogen and oxygen atoms in total. The van der Waals surface area contributed by atoms with Gasteiger partial charge >= 0.3 is 194 Å². The molecule has 0 heterocycles. The second-order valence-corrected chi connectivity index (χ2v) is 27.4. The second kappa shape index (κ2) is 16.8. The molecule has 209 valence electrons. The molecule has 2 atom stereocenters. The Bertz CT molecular complexity index is 1000. The van der Waals surface area contributed by atoms with Crippen molar-refractivity contribution in [2.75, 3.05) is 0 Å². The molecule has 2 aromatic rings. The first-order chi connectivity index (χ1) is 17.3. The standard InChI is InChI=1S/2C13H15.C6H14.C2H7Si.2ClH.Zr/c2*1-9(2)12-6-4-5-11-7-10(3)8-13(11)12;1-3-5-6-4-2;1-2-3;;;/h2*4-9H,1-3H3;3-6H2,1-2H3;2-3H2,1H3;2*1H;/q;;;;;;+2/p-2. The number of hydrogen-bond donors (Lipinski definition) is 0. The maximum absolute atomic E-state index is 2.57. The Morgan fingerprint density at radius 2 is 1.08 bits per heavy atom. The van der Waals surface area contributed by atoms with Gasteiger partial charge in [0.15, 0.2) is 0 Å². The fraction of sp³-hybridized carbons (Fsp3) is 0.529. The minimum atomic E-state index is -1.77. The van der Waals surface area contributed by atoms with E-state index < -0.39 is 20.9 Å². The molecule has 4 heteroatoms. The molecule has 0 saturated heterocycles. The van der Waals surface area contributed by atoms with Crippen molar-refractivity contribution in [3.8, 4) is 0 Å². The molecule has 0 saturated carbocycles. The summed E-state index contributed by atoms with van der Waals surface area (Å²) in [6.07, 6.45) is 10.7. The average Bonchev–Trinajstić information content (AvgIpc) is 3.36. The zero-order valence-corrected chi connectivity index (χ0v) is 30.8. The number of fused-ring (bicyclic) bond motifs is 2. The van der Waals surface area contributed by atoms with E-state index in [4.69, 9.17) is 0 Å². The number of unbranched alkanes of at least 4 members (excludes halogenated alkanes) is 3. The van der Waals surface area contributed by atoms with E-state index in [1.165, 1.54) is 31.7 Å². The van der Waals surface area contributed by atoms with Crippen molar-refractivity contribution in [2.45, 2.75) is 113 Å². The van der Waals surface area contributed by atoms with Gasteiger partial charge in [0.2, 0.25) is 0 Å². The average molecular weight is 650 g/mol. The van der Waals surface area contributed by atoms with Crippen LogP contribution in [0, 0.1) is 0 Å². The van der Waals surface area contributed by atoms with E-state index in [-0.39, 0.29) is 31.5 Å². The molecule has 38 heavy (non-hydrogen) atoms. The quantitative estimate of drug-likeness (QED) is 0.281. The van der Waals surface area contributed by atoms with Crippen molar-refractivity contribution < 1.29 is 45.7 Å². The molecule has 0 bridgehead atoms. The number of allylic oxidation sites excluding steroid dienone is 2. The molecule has 2 aliphatic carbocycles. The van der Waals surface area contributed by atoms with Gasteiger partial charge in [-0.25, -0.2) is 0 Å². The van der Waals surface area contributed by atoms with E-state index in [9.17, 15) is 0 Å². The van der Waals surface area contributed by atoms with Crippen LogP contribution in [0.1, 0.15) is 140 Å². The van der Waals surface area contributed by atoms with Crippen molar-refractivity contribution in [3.05, 3.63) is 80.9 Å². The summed E-state index contributed by atoms with van der Waals surface area (Å²) in [5.41, 5.74) is 13.0. The maximum atomic E-state index is 2.57. The maximum Gasteiger partial charge on any atom is -1.00 e. The van der Waals surface area contributed by atoms with Crippen molar-refractivity contribution in [2.24, 2.45) is 0 Å². The Hall–Kier alpha value is -0.400. The summed E-state index contributed by atoms with van der Waals surface area (Å²) in [7, 11) is 0. The van der Waals surface area contributed by atoms with Gasteiger partial charge < -0.3 is 24.8 Å². The van der Waals surface area contributed by atoms with E-state index in [0.717, 1.165) is 7.25 Å². The number of hydrogen-bond acceptors (Lipinski definition) is 0. The molecule has 2 aliphatic rings. The Balaban J connectivity index is 0.000000813. The summed E-state index contributed by atoms with van der Waals surface area (Å²) >= 11 is -1.77. The van der Waals surface area contributed by atoms with Crippen LogP contribution in [0.4, 0.5) is 0 Å². The van der Waals surface area contributed by atoms with Crippen LogP contribution in [0.3, 0.4) is 0 Å². The molecule has 2 unspecified atom stereocenters. The van der Waals surface area contributed by atoms with Gasteiger partial charge in [0.1, 0.15) is 0 Å². The van der Waals surface area contributed by atoms with Gasteiger partial charge in [-0.05, 0) is 0 Å². The van der Waals surface area contributed by atoms with Crippen LogP contribution < -0.4 is 24.8 Å². The fourth-order valence-electron chi connectivity index (χ4n) is 6.39. The number of halogens is 2. The summed E-state index contributed by atoms with van der Waals surface area (Å²) in [5.74, 6) is 1.20. The molecule has 0 amide bonds. The van der Waals surface area contributed by atoms with Gasteiger partial charge in [-0.15, -0.1) is 0 Å². The van der Waals surface area contributed by atoms with Crippen LogP contribution in [0.5, 0.6) is 0 Å². The molecular weight excluding hydrogens is 599 g/mol. The van der Waals surface area contributed by atoms with Crippen molar-refractivity contribution >= 4 is 18.8 Å². The van der Waals surface area contributed by atoms with Crippen LogP contribution >= 0.6 is 0 Å². The molecule has 4 rings (SSSR count). The molecular formula is C34H51Cl2SiZr. The van der Waals surface area contributed by atoms with Crippen LogP contribution in [0.15, 0.2) is 47.5 Å². The van der Waals surface area contributed by atoms with Crippen molar-refractivity contribution in [1.82, 2.24) is 0 Å². The fourth-order valence-corrected chi connectivity index (χ4v) is 29.8. The monoisotopic (exact) mass is 647 g/mol. The van der Waals surface area contributed by atoms with Crippen LogP contribution in [0.25, 0.3) is 12.2 Å². The first-order valence-corrected chi connectivity index (χ1v) is 24.5. The first-order valence-electron chi connectivity index (χ1n) is 14.7. The predicted octanol–water partition coefficient (Wildman–Crippen LogP) is 4.28. The van der Waals surface area contributed by atoms with E-state index in [1.54, 1.807) is 44.5 Å². The summed E-state index contributed by atoms with van der Waals surface area (Å²) in [6.45, 7) is 21.2. The minimum absolute atomic E-state index is 0. The zero-order valence-electron chi connectivity index (χ0n) is 25.4. The van der Waals surface area contributed by atoms with Crippen LogP contribution in [-0.2, 0) is 20.9 Å². The molecule has 0 aromatic heterocycles. The van der Waals surface area contributed by atoms with Crippen molar-refractivity contribution in [1.29, 1.82) is 0 Å². The minimum Gasteiger partial charge on any atom is -1.00 e. The summed E-state index contributed by atoms with van der Waals surface area (Å²) < 4.78 is 1.57. The zero-order chi connectivity index (χ0) is 26.4. The third-order valence-corrected chi connectivity index (χ3v) is 29.4. The van der Waals surface area contributed by atoms with Crippen molar-refractivity contribution in [3.63, 3.8) is 0 Å². The topological polar surface area (TPSA) is 0 Å². The van der Waals surface area contributed by atoms with E-state index in [1.807, 2.05) is 0 Å². The molecule has 0 aliphatic heterocycles. The molecule has 0 radical (unpaired) electrons. The van der Waals surface area contributed by atoms with E-state index in [2.05, 4.69) is 111 Å². The summed E-state index contributed by atoms with van der Waals surface area (Å²) in [4.78, 5) is 0. The van der Waals surface area contributed by atoms with Gasteiger partial charge in [-0.3, -0.25) is 0 Å². The SMILES string of the molecule is CCCCCC.CC[SiH2][Zr+2]([CH]1C(C)=Cc2c(C(C)C)cccc21)[CH]1C(C)=Cc2c(C(C)C)cccc21.[Cl-].[Cl-]. The largest absolute Gasteiger partial charge is 1.00 e. The molecule has 2 aromatic carbocycles. The molecule has 0 spiro atoms. The van der Waals surface area contributed by atoms with Gasteiger partial charge in [0, 0.05) is 0 Å². The first kappa shape index (κ1) is 35.6. The Morgan fingerprint density at radius 3 is 1.39 bits per heavy atom. The Morgan fingerprint density at radius 1 is 0.684 bits per heavy atom. The summed E-state index contributed by atoms with van der Waals surface area (Å²) in [6, 6.07) is 15.8. The Labute approximate surface area is 256 Å². The van der Waals surface area contributed by atoms with E-state index in [0.29, 0.717) is 11.8 Å². The Kier molecular flexibility index (Phi) is 15.7. The van der Waals surface area contributed by atoms with Gasteiger partial charge in [-0.1, -0.05) is 39.5 Å². The number of benzene rings is 2. The third-order valence-electron chi connectivity index (χ3n) is 8.11. The molecule has 0 fully saturated rings. The predicted molar refractivity (Wildman–Crippen MR) is 163 cm³/mol. The molecule has 0 N–H and O–H groups in total. The van der Waals surface area contributed by atoms with Gasteiger partial charge in [0.25, 0.3) is 0 Å².